The van der Waals surface area contributed by atoms with E-state index in [2.05, 4.69) is 26.2 Å². The minimum absolute atomic E-state index is 0.134. The number of rotatable bonds is 5. The van der Waals surface area contributed by atoms with Gasteiger partial charge in [0.1, 0.15) is 5.69 Å². The van der Waals surface area contributed by atoms with Crippen molar-refractivity contribution >= 4 is 39.3 Å². The van der Waals surface area contributed by atoms with Crippen LogP contribution >= 0.6 is 15.9 Å². The molecule has 1 aromatic carbocycles. The summed E-state index contributed by atoms with van der Waals surface area (Å²) in [6.45, 7) is 6.31. The lowest BCUT2D eigenvalue weighted by atomic mass is 10.1. The van der Waals surface area contributed by atoms with Crippen molar-refractivity contribution in [1.29, 1.82) is 0 Å². The summed E-state index contributed by atoms with van der Waals surface area (Å²) in [5.74, 6) is -1.25. The van der Waals surface area contributed by atoms with E-state index in [1.54, 1.807) is 32.0 Å². The molecule has 1 amide bonds. The number of aryl methyl sites for hydroxylation is 1. The van der Waals surface area contributed by atoms with Gasteiger partial charge in [0.2, 0.25) is 0 Å². The standard InChI is InChI=1S/C18H19BrN2O4/c1-9-15(11(3)22)10(2)20-16(9)18(24)25-12(4)17(23)21-14-7-5-6-13(19)8-14/h5-8,12,20H,1-4H3,(H,21,23)/t12-/m1/s1. The second kappa shape index (κ2) is 7.65. The van der Waals surface area contributed by atoms with Crippen molar-refractivity contribution in [3.63, 3.8) is 0 Å². The molecule has 0 aliphatic rings. The molecule has 0 unspecified atom stereocenters. The van der Waals surface area contributed by atoms with Gasteiger partial charge in [0, 0.05) is 21.4 Å². The number of anilines is 1. The second-order valence-corrected chi connectivity index (χ2v) is 6.64. The lowest BCUT2D eigenvalue weighted by Gasteiger charge is -2.13. The Hall–Kier alpha value is -2.41. The molecule has 0 fully saturated rings. The zero-order valence-electron chi connectivity index (χ0n) is 14.4. The van der Waals surface area contributed by atoms with E-state index in [4.69, 9.17) is 4.74 Å². The lowest BCUT2D eigenvalue weighted by molar-refractivity contribution is -0.123. The molecule has 1 aromatic heterocycles. The van der Waals surface area contributed by atoms with E-state index < -0.39 is 18.0 Å². The maximum Gasteiger partial charge on any atom is 0.355 e. The van der Waals surface area contributed by atoms with Gasteiger partial charge in [-0.25, -0.2) is 4.79 Å². The molecule has 0 spiro atoms. The van der Waals surface area contributed by atoms with Gasteiger partial charge in [0.05, 0.1) is 0 Å². The third-order valence-electron chi connectivity index (χ3n) is 3.74. The van der Waals surface area contributed by atoms with Crippen LogP contribution in [0.25, 0.3) is 0 Å². The number of Topliss-reactive ketones (excluding diaryl/α,β-unsaturated/α-hetero) is 1. The number of benzene rings is 1. The number of hydrogen-bond donors (Lipinski definition) is 2. The maximum atomic E-state index is 12.3. The molecule has 2 aromatic rings. The normalized spacial score (nSPS) is 11.7. The highest BCUT2D eigenvalue weighted by molar-refractivity contribution is 9.10. The molecule has 0 aliphatic heterocycles. The molecule has 7 heteroatoms. The van der Waals surface area contributed by atoms with Gasteiger partial charge in [0.15, 0.2) is 11.9 Å². The summed E-state index contributed by atoms with van der Waals surface area (Å²) in [5.41, 5.74) is 2.37. The molecule has 2 N–H and O–H groups in total. The molecule has 0 saturated heterocycles. The molecule has 0 radical (unpaired) electrons. The number of ether oxygens (including phenoxy) is 1. The SMILES string of the molecule is CC(=O)c1c(C)[nH]c(C(=O)O[C@H](C)C(=O)Nc2cccc(Br)c2)c1C. The number of hydrogen-bond acceptors (Lipinski definition) is 4. The largest absolute Gasteiger partial charge is 0.448 e. The number of H-pyrrole nitrogens is 1. The molecule has 1 atom stereocenters. The van der Waals surface area contributed by atoms with E-state index >= 15 is 0 Å². The number of amides is 1. The van der Waals surface area contributed by atoms with Crippen LogP contribution in [0.1, 0.15) is 46.0 Å². The average molecular weight is 407 g/mol. The van der Waals surface area contributed by atoms with E-state index in [9.17, 15) is 14.4 Å². The first-order valence-electron chi connectivity index (χ1n) is 7.68. The number of carbonyl (C=O) groups excluding carboxylic acids is 3. The van der Waals surface area contributed by atoms with E-state index in [-0.39, 0.29) is 11.5 Å². The van der Waals surface area contributed by atoms with Crippen LogP contribution < -0.4 is 5.32 Å². The van der Waals surface area contributed by atoms with Crippen LogP contribution in [0.4, 0.5) is 5.69 Å². The molecule has 6 nitrogen and oxygen atoms in total. The van der Waals surface area contributed by atoms with Crippen molar-refractivity contribution in [2.24, 2.45) is 0 Å². The molecule has 132 valence electrons. The van der Waals surface area contributed by atoms with Crippen molar-refractivity contribution in [3.8, 4) is 0 Å². The Labute approximate surface area is 154 Å². The van der Waals surface area contributed by atoms with Crippen molar-refractivity contribution in [3.05, 3.63) is 51.3 Å². The lowest BCUT2D eigenvalue weighted by Crippen LogP contribution is -2.30. The fourth-order valence-corrected chi connectivity index (χ4v) is 2.96. The molecule has 2 rings (SSSR count). The first-order valence-corrected chi connectivity index (χ1v) is 8.47. The zero-order chi connectivity index (χ0) is 18.7. The fourth-order valence-electron chi connectivity index (χ4n) is 2.57. The average Bonchev–Trinajstić information content (AvgIpc) is 2.82. The monoisotopic (exact) mass is 406 g/mol. The van der Waals surface area contributed by atoms with Crippen molar-refractivity contribution in [1.82, 2.24) is 4.98 Å². The summed E-state index contributed by atoms with van der Waals surface area (Å²) in [6, 6.07) is 7.09. The highest BCUT2D eigenvalue weighted by Gasteiger charge is 2.24. The maximum absolute atomic E-state index is 12.3. The number of ketones is 1. The Kier molecular flexibility index (Phi) is 5.79. The van der Waals surface area contributed by atoms with Gasteiger partial charge in [0.25, 0.3) is 5.91 Å². The number of carbonyl (C=O) groups is 3. The van der Waals surface area contributed by atoms with Crippen LogP contribution in [-0.4, -0.2) is 28.7 Å². The van der Waals surface area contributed by atoms with Crippen LogP contribution in [-0.2, 0) is 9.53 Å². The summed E-state index contributed by atoms with van der Waals surface area (Å²) in [7, 11) is 0. The Morgan fingerprint density at radius 1 is 1.24 bits per heavy atom. The van der Waals surface area contributed by atoms with Crippen LogP contribution in [0.15, 0.2) is 28.7 Å². The van der Waals surface area contributed by atoms with Crippen LogP contribution in [0, 0.1) is 13.8 Å². The summed E-state index contributed by atoms with van der Waals surface area (Å²) >= 11 is 3.32. The van der Waals surface area contributed by atoms with Gasteiger partial charge in [-0.1, -0.05) is 22.0 Å². The minimum atomic E-state index is -0.990. The van der Waals surface area contributed by atoms with Gasteiger partial charge in [-0.05, 0) is 51.5 Å². The van der Waals surface area contributed by atoms with Gasteiger partial charge in [-0.15, -0.1) is 0 Å². The quantitative estimate of drug-likeness (QED) is 0.583. The Morgan fingerprint density at radius 3 is 2.48 bits per heavy atom. The molecule has 25 heavy (non-hydrogen) atoms. The highest BCUT2D eigenvalue weighted by Crippen LogP contribution is 2.20. The molecule has 1 heterocycles. The van der Waals surface area contributed by atoms with Crippen molar-refractivity contribution < 1.29 is 19.1 Å². The zero-order valence-corrected chi connectivity index (χ0v) is 16.0. The first-order chi connectivity index (χ1) is 11.7. The van der Waals surface area contributed by atoms with Gasteiger partial charge >= 0.3 is 5.97 Å². The fraction of sp³-hybridized carbons (Fsp3) is 0.278. The summed E-state index contributed by atoms with van der Waals surface area (Å²) in [4.78, 5) is 39.0. The number of halogens is 1. The van der Waals surface area contributed by atoms with Crippen LogP contribution in [0.3, 0.4) is 0 Å². The van der Waals surface area contributed by atoms with E-state index in [1.165, 1.54) is 13.8 Å². The smallest absolute Gasteiger partial charge is 0.355 e. The topological polar surface area (TPSA) is 88.3 Å². The number of esters is 1. The summed E-state index contributed by atoms with van der Waals surface area (Å²) in [5, 5.41) is 2.68. The van der Waals surface area contributed by atoms with Crippen LogP contribution in [0.5, 0.6) is 0 Å². The summed E-state index contributed by atoms with van der Waals surface area (Å²) < 4.78 is 6.05. The van der Waals surface area contributed by atoms with Crippen molar-refractivity contribution in [2.45, 2.75) is 33.8 Å². The van der Waals surface area contributed by atoms with Gasteiger partial charge < -0.3 is 15.0 Å². The van der Waals surface area contributed by atoms with Crippen LogP contribution in [0.2, 0.25) is 0 Å². The van der Waals surface area contributed by atoms with Gasteiger partial charge in [-0.3, -0.25) is 9.59 Å². The Morgan fingerprint density at radius 2 is 1.92 bits per heavy atom. The number of nitrogens with one attached hydrogen (secondary N) is 2. The first kappa shape index (κ1) is 18.9. The third-order valence-corrected chi connectivity index (χ3v) is 4.23. The minimum Gasteiger partial charge on any atom is -0.448 e. The van der Waals surface area contributed by atoms with Gasteiger partial charge in [-0.2, -0.15) is 0 Å². The number of aromatic nitrogens is 1. The van der Waals surface area contributed by atoms with E-state index in [0.717, 1.165) is 4.47 Å². The van der Waals surface area contributed by atoms with Crippen molar-refractivity contribution in [2.75, 3.05) is 5.32 Å². The second-order valence-electron chi connectivity index (χ2n) is 5.73. The third kappa shape index (κ3) is 4.36. The Balaban J connectivity index is 2.08. The molecule has 0 bridgehead atoms. The molecular weight excluding hydrogens is 388 g/mol. The molecular formula is C18H19BrN2O4. The van der Waals surface area contributed by atoms with E-state index in [1.807, 2.05) is 6.07 Å². The predicted octanol–water partition coefficient (Wildman–Crippen LogP) is 3.78. The number of aromatic amines is 1. The Bertz CT molecular complexity index is 842. The molecule has 0 aliphatic carbocycles. The predicted molar refractivity (Wildman–Crippen MR) is 97.9 cm³/mol. The summed E-state index contributed by atoms with van der Waals surface area (Å²) in [6.07, 6.45) is -0.990. The van der Waals surface area contributed by atoms with E-state index in [0.29, 0.717) is 22.5 Å². The highest BCUT2D eigenvalue weighted by atomic mass is 79.9. The molecule has 0 saturated carbocycles.